The Morgan fingerprint density at radius 2 is 2.04 bits per heavy atom. The summed E-state index contributed by atoms with van der Waals surface area (Å²) < 4.78 is 10.2. The van der Waals surface area contributed by atoms with Crippen LogP contribution >= 0.6 is 0 Å². The molecular weight excluding hydrogens is 298 g/mol. The Bertz CT molecular complexity index is 572. The zero-order valence-corrected chi connectivity index (χ0v) is 13.6. The number of hydrogen-bond donors (Lipinski definition) is 1. The molecule has 1 fully saturated rings. The first-order chi connectivity index (χ1) is 11.0. The minimum Gasteiger partial charge on any atom is -0.508 e. The van der Waals surface area contributed by atoms with Crippen molar-refractivity contribution in [3.05, 3.63) is 29.3 Å². The number of nitrogens with zero attached hydrogens (tertiary/aromatic N) is 1. The van der Waals surface area contributed by atoms with E-state index in [2.05, 4.69) is 11.7 Å². The Morgan fingerprint density at radius 3 is 2.74 bits per heavy atom. The largest absolute Gasteiger partial charge is 0.508 e. The summed E-state index contributed by atoms with van der Waals surface area (Å²) >= 11 is 0. The van der Waals surface area contributed by atoms with E-state index < -0.39 is 5.97 Å². The summed E-state index contributed by atoms with van der Waals surface area (Å²) in [6.07, 6.45) is 1.88. The number of methoxy groups -OCH3 is 1. The first-order valence-electron chi connectivity index (χ1n) is 7.84. The number of ether oxygens (including phenoxy) is 2. The van der Waals surface area contributed by atoms with E-state index in [9.17, 15) is 14.7 Å². The third-order valence-corrected chi connectivity index (χ3v) is 3.86. The maximum atomic E-state index is 12.6. The standard InChI is InChI=1S/C17H23NO5/c1-3-6-23-11-12-4-5-18(10-12)16(20)13-7-14(17(21)22-2)9-15(19)8-13/h7-9,12,19H,3-6,10-11H2,1-2H3/t12-/m1/s1. The van der Waals surface area contributed by atoms with Crippen LogP contribution in [0.4, 0.5) is 0 Å². The van der Waals surface area contributed by atoms with Crippen LogP contribution < -0.4 is 0 Å². The third-order valence-electron chi connectivity index (χ3n) is 3.86. The molecule has 1 aliphatic rings. The van der Waals surface area contributed by atoms with Gasteiger partial charge >= 0.3 is 5.97 Å². The zero-order chi connectivity index (χ0) is 16.8. The van der Waals surface area contributed by atoms with Crippen molar-refractivity contribution in [3.8, 4) is 5.75 Å². The molecule has 2 rings (SSSR count). The summed E-state index contributed by atoms with van der Waals surface area (Å²) in [6, 6.07) is 4.11. The molecule has 6 heteroatoms. The molecule has 0 unspecified atom stereocenters. The van der Waals surface area contributed by atoms with Gasteiger partial charge in [0.05, 0.1) is 19.3 Å². The first kappa shape index (κ1) is 17.3. The van der Waals surface area contributed by atoms with E-state index in [1.165, 1.54) is 25.3 Å². The van der Waals surface area contributed by atoms with E-state index in [4.69, 9.17) is 4.74 Å². The molecule has 0 radical (unpaired) electrons. The number of amides is 1. The Kier molecular flexibility index (Phi) is 5.98. The highest BCUT2D eigenvalue weighted by Crippen LogP contribution is 2.22. The van der Waals surface area contributed by atoms with Gasteiger partial charge in [-0.1, -0.05) is 6.92 Å². The van der Waals surface area contributed by atoms with Gasteiger partial charge in [0.15, 0.2) is 0 Å². The molecule has 0 aliphatic carbocycles. The van der Waals surface area contributed by atoms with Gasteiger partial charge in [0.25, 0.3) is 5.91 Å². The molecule has 6 nitrogen and oxygen atoms in total. The minimum atomic E-state index is -0.581. The molecule has 1 amide bonds. The fourth-order valence-corrected chi connectivity index (χ4v) is 2.70. The molecule has 1 N–H and O–H groups in total. The Hall–Kier alpha value is -2.08. The summed E-state index contributed by atoms with van der Waals surface area (Å²) in [7, 11) is 1.26. The Labute approximate surface area is 136 Å². The van der Waals surface area contributed by atoms with Gasteiger partial charge in [0.1, 0.15) is 5.75 Å². The number of carbonyl (C=O) groups is 2. The van der Waals surface area contributed by atoms with Crippen LogP contribution in [-0.4, -0.2) is 55.3 Å². The van der Waals surface area contributed by atoms with Gasteiger partial charge < -0.3 is 19.5 Å². The number of likely N-dealkylation sites (tertiary alicyclic amines) is 1. The fourth-order valence-electron chi connectivity index (χ4n) is 2.70. The summed E-state index contributed by atoms with van der Waals surface area (Å²) in [5.74, 6) is -0.563. The van der Waals surface area contributed by atoms with E-state index in [-0.39, 0.29) is 17.2 Å². The van der Waals surface area contributed by atoms with Crippen molar-refractivity contribution in [1.82, 2.24) is 4.90 Å². The highest BCUT2D eigenvalue weighted by atomic mass is 16.5. The fraction of sp³-hybridized carbons (Fsp3) is 0.529. The van der Waals surface area contributed by atoms with Gasteiger partial charge in [0.2, 0.25) is 0 Å². The second-order valence-electron chi connectivity index (χ2n) is 5.74. The smallest absolute Gasteiger partial charge is 0.338 e. The first-order valence-corrected chi connectivity index (χ1v) is 7.84. The number of rotatable bonds is 6. The molecule has 1 atom stereocenters. The minimum absolute atomic E-state index is 0.127. The predicted molar refractivity (Wildman–Crippen MR) is 84.6 cm³/mol. The van der Waals surface area contributed by atoms with E-state index in [0.29, 0.717) is 31.2 Å². The number of aromatic hydroxyl groups is 1. The van der Waals surface area contributed by atoms with Crippen LogP contribution in [0.3, 0.4) is 0 Å². The second-order valence-corrected chi connectivity index (χ2v) is 5.74. The molecule has 0 aromatic heterocycles. The van der Waals surface area contributed by atoms with Crippen molar-refractivity contribution >= 4 is 11.9 Å². The number of esters is 1. The van der Waals surface area contributed by atoms with Gasteiger partial charge in [0, 0.05) is 31.2 Å². The molecule has 126 valence electrons. The van der Waals surface area contributed by atoms with E-state index >= 15 is 0 Å². The number of phenols is 1. The monoisotopic (exact) mass is 321 g/mol. The number of benzene rings is 1. The lowest BCUT2D eigenvalue weighted by molar-refractivity contribution is 0.0600. The topological polar surface area (TPSA) is 76.1 Å². The molecule has 1 aromatic carbocycles. The molecule has 23 heavy (non-hydrogen) atoms. The van der Waals surface area contributed by atoms with Crippen LogP contribution in [0.5, 0.6) is 5.75 Å². The quantitative estimate of drug-likeness (QED) is 0.641. The van der Waals surface area contributed by atoms with E-state index in [1.54, 1.807) is 4.90 Å². The number of hydrogen-bond acceptors (Lipinski definition) is 5. The van der Waals surface area contributed by atoms with Crippen molar-refractivity contribution in [3.63, 3.8) is 0 Å². The molecule has 1 aromatic rings. The summed E-state index contributed by atoms with van der Waals surface area (Å²) in [4.78, 5) is 25.9. The van der Waals surface area contributed by atoms with Gasteiger partial charge in [-0.3, -0.25) is 4.79 Å². The lowest BCUT2D eigenvalue weighted by atomic mass is 10.1. The second kappa shape index (κ2) is 7.97. The molecule has 1 aliphatic heterocycles. The van der Waals surface area contributed by atoms with Crippen molar-refractivity contribution < 1.29 is 24.2 Å². The van der Waals surface area contributed by atoms with Crippen LogP contribution in [0.25, 0.3) is 0 Å². The van der Waals surface area contributed by atoms with Crippen molar-refractivity contribution in [2.24, 2.45) is 5.92 Å². The van der Waals surface area contributed by atoms with Crippen molar-refractivity contribution in [2.45, 2.75) is 19.8 Å². The summed E-state index contributed by atoms with van der Waals surface area (Å²) in [5, 5.41) is 9.73. The maximum absolute atomic E-state index is 12.6. The van der Waals surface area contributed by atoms with Crippen LogP contribution in [0.15, 0.2) is 18.2 Å². The molecule has 1 heterocycles. The Balaban J connectivity index is 2.03. The lowest BCUT2D eigenvalue weighted by Gasteiger charge is -2.17. The zero-order valence-electron chi connectivity index (χ0n) is 13.6. The average Bonchev–Trinajstić information content (AvgIpc) is 3.02. The molecule has 0 saturated carbocycles. The van der Waals surface area contributed by atoms with Crippen molar-refractivity contribution in [1.29, 1.82) is 0 Å². The van der Waals surface area contributed by atoms with Crippen LogP contribution in [-0.2, 0) is 9.47 Å². The van der Waals surface area contributed by atoms with E-state index in [1.807, 2.05) is 0 Å². The maximum Gasteiger partial charge on any atom is 0.338 e. The van der Waals surface area contributed by atoms with E-state index in [0.717, 1.165) is 19.4 Å². The summed E-state index contributed by atoms with van der Waals surface area (Å²) in [6.45, 7) is 4.74. The lowest BCUT2D eigenvalue weighted by Crippen LogP contribution is -2.29. The van der Waals surface area contributed by atoms with Crippen LogP contribution in [0, 0.1) is 5.92 Å². The molecular formula is C17H23NO5. The summed E-state index contributed by atoms with van der Waals surface area (Å²) in [5.41, 5.74) is 0.457. The average molecular weight is 321 g/mol. The van der Waals surface area contributed by atoms with Gasteiger partial charge in [-0.25, -0.2) is 4.79 Å². The number of phenolic OH excluding ortho intramolecular Hbond substituents is 1. The third kappa shape index (κ3) is 4.45. The van der Waals surface area contributed by atoms with Crippen LogP contribution in [0.2, 0.25) is 0 Å². The van der Waals surface area contributed by atoms with Crippen molar-refractivity contribution in [2.75, 3.05) is 33.4 Å². The molecule has 0 spiro atoms. The predicted octanol–water partition coefficient (Wildman–Crippen LogP) is 2.07. The number of carbonyl (C=O) groups excluding carboxylic acids is 2. The Morgan fingerprint density at radius 1 is 1.30 bits per heavy atom. The normalized spacial score (nSPS) is 17.3. The molecule has 1 saturated heterocycles. The van der Waals surface area contributed by atoms with Crippen LogP contribution in [0.1, 0.15) is 40.5 Å². The van der Waals surface area contributed by atoms with Gasteiger partial charge in [-0.2, -0.15) is 0 Å². The van der Waals surface area contributed by atoms with Gasteiger partial charge in [-0.05, 0) is 31.0 Å². The SMILES string of the molecule is CCCOC[C@@H]1CCN(C(=O)c2cc(O)cc(C(=O)OC)c2)C1. The highest BCUT2D eigenvalue weighted by Gasteiger charge is 2.27. The highest BCUT2D eigenvalue weighted by molar-refractivity contribution is 5.98. The van der Waals surface area contributed by atoms with Gasteiger partial charge in [-0.15, -0.1) is 0 Å². The molecule has 0 bridgehead atoms.